The molecule has 96 valence electrons. The minimum Gasteiger partial charge on any atom is -0.465 e. The zero-order valence-electron chi connectivity index (χ0n) is 9.43. The molecule has 17 heavy (non-hydrogen) atoms. The first-order valence-corrected chi connectivity index (χ1v) is 4.36. The summed E-state index contributed by atoms with van der Waals surface area (Å²) in [5.74, 6) is -0.310. The SMILES string of the molecule is COC(=O)c1ccc(CN=C(N)N)cc1.O.O. The third kappa shape index (κ3) is 5.50. The Morgan fingerprint density at radius 2 is 1.76 bits per heavy atom. The van der Waals surface area contributed by atoms with Crippen molar-refractivity contribution in [2.75, 3.05) is 7.11 Å². The molecule has 0 aromatic heterocycles. The molecule has 7 heteroatoms. The fraction of sp³-hybridized carbons (Fsp3) is 0.200. The average Bonchev–Trinajstić information content (AvgIpc) is 2.26. The minimum absolute atomic E-state index is 0. The molecule has 0 saturated carbocycles. The van der Waals surface area contributed by atoms with Gasteiger partial charge in [-0.3, -0.25) is 0 Å². The Hall–Kier alpha value is -2.12. The summed E-state index contributed by atoms with van der Waals surface area (Å²) >= 11 is 0. The number of guanidine groups is 1. The van der Waals surface area contributed by atoms with E-state index in [0.29, 0.717) is 12.1 Å². The number of carbonyl (C=O) groups excluding carboxylic acids is 1. The third-order valence-corrected chi connectivity index (χ3v) is 1.82. The Morgan fingerprint density at radius 1 is 1.24 bits per heavy atom. The van der Waals surface area contributed by atoms with E-state index in [0.717, 1.165) is 5.56 Å². The van der Waals surface area contributed by atoms with Crippen LogP contribution in [0.5, 0.6) is 0 Å². The van der Waals surface area contributed by atoms with Crippen LogP contribution >= 0.6 is 0 Å². The highest BCUT2D eigenvalue weighted by atomic mass is 16.5. The van der Waals surface area contributed by atoms with Crippen LogP contribution in [0.15, 0.2) is 29.3 Å². The molecule has 0 aliphatic carbocycles. The molecular formula is C10H17N3O4. The molecule has 0 bridgehead atoms. The summed E-state index contributed by atoms with van der Waals surface area (Å²) in [6, 6.07) is 6.89. The van der Waals surface area contributed by atoms with Gasteiger partial charge in [0.1, 0.15) is 0 Å². The summed E-state index contributed by atoms with van der Waals surface area (Å²) in [7, 11) is 1.34. The van der Waals surface area contributed by atoms with E-state index in [1.807, 2.05) is 0 Å². The number of ether oxygens (including phenoxy) is 1. The van der Waals surface area contributed by atoms with Crippen molar-refractivity contribution in [2.45, 2.75) is 6.54 Å². The van der Waals surface area contributed by atoms with Crippen molar-refractivity contribution in [3.8, 4) is 0 Å². The summed E-state index contributed by atoms with van der Waals surface area (Å²) in [4.78, 5) is 14.9. The normalized spacial score (nSPS) is 8.29. The number of benzene rings is 1. The summed E-state index contributed by atoms with van der Waals surface area (Å²) in [6.07, 6.45) is 0. The van der Waals surface area contributed by atoms with Crippen molar-refractivity contribution in [1.82, 2.24) is 0 Å². The lowest BCUT2D eigenvalue weighted by molar-refractivity contribution is 0.0600. The molecule has 1 aromatic rings. The van der Waals surface area contributed by atoms with Gasteiger partial charge in [-0.15, -0.1) is 0 Å². The van der Waals surface area contributed by atoms with Gasteiger partial charge < -0.3 is 27.2 Å². The largest absolute Gasteiger partial charge is 0.465 e. The number of hydrogen-bond donors (Lipinski definition) is 2. The number of methoxy groups -OCH3 is 1. The molecule has 0 unspecified atom stereocenters. The van der Waals surface area contributed by atoms with Gasteiger partial charge in [-0.1, -0.05) is 12.1 Å². The Balaban J connectivity index is 0. The van der Waals surface area contributed by atoms with Gasteiger partial charge >= 0.3 is 5.97 Å². The number of esters is 1. The lowest BCUT2D eigenvalue weighted by Gasteiger charge is -2.00. The maximum Gasteiger partial charge on any atom is 0.337 e. The van der Waals surface area contributed by atoms with Crippen LogP contribution in [-0.4, -0.2) is 30.0 Å². The Morgan fingerprint density at radius 3 is 2.18 bits per heavy atom. The smallest absolute Gasteiger partial charge is 0.337 e. The first-order chi connectivity index (χ1) is 7.13. The molecular weight excluding hydrogens is 226 g/mol. The lowest BCUT2D eigenvalue weighted by Crippen LogP contribution is -2.22. The van der Waals surface area contributed by atoms with Gasteiger partial charge in [0, 0.05) is 0 Å². The van der Waals surface area contributed by atoms with E-state index in [-0.39, 0.29) is 22.9 Å². The van der Waals surface area contributed by atoms with Crippen LogP contribution in [-0.2, 0) is 11.3 Å². The van der Waals surface area contributed by atoms with Crippen molar-refractivity contribution < 1.29 is 20.5 Å². The van der Waals surface area contributed by atoms with Gasteiger partial charge in [-0.05, 0) is 17.7 Å². The van der Waals surface area contributed by atoms with Gasteiger partial charge in [-0.2, -0.15) is 0 Å². The van der Waals surface area contributed by atoms with Crippen molar-refractivity contribution >= 4 is 11.9 Å². The Kier molecular flexibility index (Phi) is 8.21. The van der Waals surface area contributed by atoms with Gasteiger partial charge in [0.2, 0.25) is 0 Å². The highest BCUT2D eigenvalue weighted by Gasteiger charge is 2.03. The average molecular weight is 243 g/mol. The number of nitrogens with two attached hydrogens (primary N) is 2. The minimum atomic E-state index is -0.358. The van der Waals surface area contributed by atoms with E-state index in [4.69, 9.17) is 11.5 Å². The summed E-state index contributed by atoms with van der Waals surface area (Å²) < 4.78 is 4.57. The lowest BCUT2D eigenvalue weighted by atomic mass is 10.1. The molecule has 0 aliphatic heterocycles. The Labute approximate surface area is 98.7 Å². The first-order valence-electron chi connectivity index (χ1n) is 4.36. The molecule has 1 aromatic carbocycles. The summed E-state index contributed by atoms with van der Waals surface area (Å²) in [6.45, 7) is 0.407. The number of rotatable bonds is 3. The van der Waals surface area contributed by atoms with Gasteiger partial charge in [-0.25, -0.2) is 9.79 Å². The molecule has 0 amide bonds. The van der Waals surface area contributed by atoms with E-state index < -0.39 is 0 Å². The zero-order chi connectivity index (χ0) is 11.3. The molecule has 0 fully saturated rings. The van der Waals surface area contributed by atoms with Crippen LogP contribution in [0, 0.1) is 0 Å². The van der Waals surface area contributed by atoms with E-state index in [2.05, 4.69) is 9.73 Å². The predicted molar refractivity (Wildman–Crippen MR) is 64.5 cm³/mol. The predicted octanol–water partition coefficient (Wildman–Crippen LogP) is -1.40. The molecule has 0 spiro atoms. The molecule has 0 saturated heterocycles. The van der Waals surface area contributed by atoms with Gasteiger partial charge in [0.15, 0.2) is 5.96 Å². The van der Waals surface area contributed by atoms with Crippen LogP contribution < -0.4 is 11.5 Å². The molecule has 0 atom stereocenters. The van der Waals surface area contributed by atoms with Crippen molar-refractivity contribution in [1.29, 1.82) is 0 Å². The second-order valence-electron chi connectivity index (χ2n) is 2.93. The standard InChI is InChI=1S/C10H13N3O2.2H2O/c1-15-9(14)8-4-2-7(3-5-8)6-13-10(11)12;;/h2-5H,6H2,1H3,(H4,11,12,13);2*1H2. The van der Waals surface area contributed by atoms with Crippen molar-refractivity contribution in [2.24, 2.45) is 16.5 Å². The summed E-state index contributed by atoms with van der Waals surface area (Å²) in [5, 5.41) is 0. The number of carbonyl (C=O) groups is 1. The quantitative estimate of drug-likeness (QED) is 0.380. The fourth-order valence-electron chi connectivity index (χ4n) is 1.05. The molecule has 7 nitrogen and oxygen atoms in total. The van der Waals surface area contributed by atoms with Gasteiger partial charge in [0.05, 0.1) is 19.2 Å². The Bertz CT molecular complexity index is 372. The van der Waals surface area contributed by atoms with Gasteiger partial charge in [0.25, 0.3) is 0 Å². The highest BCUT2D eigenvalue weighted by Crippen LogP contribution is 2.06. The zero-order valence-corrected chi connectivity index (χ0v) is 9.43. The molecule has 0 aliphatic rings. The second-order valence-corrected chi connectivity index (χ2v) is 2.93. The van der Waals surface area contributed by atoms with Crippen LogP contribution in [0.1, 0.15) is 15.9 Å². The number of aliphatic imine (C=N–C) groups is 1. The van der Waals surface area contributed by atoms with Crippen LogP contribution in [0.2, 0.25) is 0 Å². The number of hydrogen-bond acceptors (Lipinski definition) is 3. The molecule has 0 heterocycles. The van der Waals surface area contributed by atoms with E-state index >= 15 is 0 Å². The first kappa shape index (κ1) is 17.3. The fourth-order valence-corrected chi connectivity index (χ4v) is 1.05. The van der Waals surface area contributed by atoms with E-state index in [1.165, 1.54) is 7.11 Å². The topological polar surface area (TPSA) is 154 Å². The molecule has 1 rings (SSSR count). The van der Waals surface area contributed by atoms with E-state index in [9.17, 15) is 4.79 Å². The summed E-state index contributed by atoms with van der Waals surface area (Å²) in [5.41, 5.74) is 11.8. The third-order valence-electron chi connectivity index (χ3n) is 1.82. The van der Waals surface area contributed by atoms with Crippen molar-refractivity contribution in [3.05, 3.63) is 35.4 Å². The molecule has 8 N–H and O–H groups in total. The van der Waals surface area contributed by atoms with Crippen LogP contribution in [0.25, 0.3) is 0 Å². The number of nitrogens with zero attached hydrogens (tertiary/aromatic N) is 1. The van der Waals surface area contributed by atoms with E-state index in [1.54, 1.807) is 24.3 Å². The maximum absolute atomic E-state index is 11.1. The van der Waals surface area contributed by atoms with Crippen LogP contribution in [0.3, 0.4) is 0 Å². The monoisotopic (exact) mass is 243 g/mol. The van der Waals surface area contributed by atoms with Crippen LogP contribution in [0.4, 0.5) is 0 Å². The maximum atomic E-state index is 11.1. The van der Waals surface area contributed by atoms with Crippen molar-refractivity contribution in [3.63, 3.8) is 0 Å². The molecule has 0 radical (unpaired) electrons. The second kappa shape index (κ2) is 8.08. The highest BCUT2D eigenvalue weighted by molar-refractivity contribution is 5.89.